The van der Waals surface area contributed by atoms with Crippen molar-refractivity contribution >= 4 is 34.4 Å². The summed E-state index contributed by atoms with van der Waals surface area (Å²) < 4.78 is 4.81. The second-order valence-electron chi connectivity index (χ2n) is 2.21. The molecule has 0 unspecified atom stereocenters. The van der Waals surface area contributed by atoms with Gasteiger partial charge >= 0.3 is 11.8 Å². The molecule has 0 aliphatic rings. The summed E-state index contributed by atoms with van der Waals surface area (Å²) in [4.78, 5) is 20.9. The zero-order valence-corrected chi connectivity index (χ0v) is 9.27. The Morgan fingerprint density at radius 3 is 2.86 bits per heavy atom. The molecule has 1 heterocycles. The van der Waals surface area contributed by atoms with Gasteiger partial charge in [0.2, 0.25) is 5.69 Å². The van der Waals surface area contributed by atoms with Crippen molar-refractivity contribution in [1.29, 1.82) is 0 Å². The van der Waals surface area contributed by atoms with Crippen molar-refractivity contribution in [3.8, 4) is 0 Å². The smallest absolute Gasteiger partial charge is 0.362 e. The molecule has 0 aliphatic heterocycles. The van der Waals surface area contributed by atoms with E-state index in [1.54, 1.807) is 29.5 Å². The highest BCUT2D eigenvalue weighted by Crippen LogP contribution is 2.21. The topological polar surface area (TPSA) is 98.1 Å². The summed E-state index contributed by atoms with van der Waals surface area (Å²) in [5.41, 5.74) is -0.0563. The number of aromatic amines is 1. The first-order chi connectivity index (χ1) is 6.57. The summed E-state index contributed by atoms with van der Waals surface area (Å²) in [6.45, 7) is 1.85. The first-order valence-electron chi connectivity index (χ1n) is 3.63. The number of aromatic nitrogens is 2. The number of nitrogens with zero attached hydrogens (tertiary/aromatic N) is 2. The van der Waals surface area contributed by atoms with E-state index in [0.717, 1.165) is 0 Å². The van der Waals surface area contributed by atoms with Gasteiger partial charge in [-0.2, -0.15) is 0 Å². The summed E-state index contributed by atoms with van der Waals surface area (Å²) in [7, 11) is 0. The number of halogens is 1. The van der Waals surface area contributed by atoms with Crippen LogP contribution in [0, 0.1) is 13.7 Å². The van der Waals surface area contributed by atoms with Gasteiger partial charge in [-0.3, -0.25) is 0 Å². The lowest BCUT2D eigenvalue weighted by atomic mass is 10.4. The molecule has 7 nitrogen and oxygen atoms in total. The zero-order chi connectivity index (χ0) is 10.7. The average molecular weight is 311 g/mol. The Morgan fingerprint density at radius 2 is 2.43 bits per heavy atom. The minimum absolute atomic E-state index is 0.0563. The third-order valence-electron chi connectivity index (χ3n) is 1.34. The molecular weight excluding hydrogens is 305 g/mol. The minimum atomic E-state index is -0.666. The Kier molecular flexibility index (Phi) is 3.38. The molecule has 8 heteroatoms. The second kappa shape index (κ2) is 4.35. The zero-order valence-electron chi connectivity index (χ0n) is 7.11. The third-order valence-corrected chi connectivity index (χ3v) is 2.36. The van der Waals surface area contributed by atoms with Crippen molar-refractivity contribution in [2.75, 3.05) is 6.61 Å². The van der Waals surface area contributed by atoms with Gasteiger partial charge in [-0.1, -0.05) is 5.10 Å². The summed E-state index contributed by atoms with van der Waals surface area (Å²) >= 11 is 1.67. The molecule has 0 saturated carbocycles. The van der Waals surface area contributed by atoms with Crippen LogP contribution in [0.1, 0.15) is 17.4 Å². The van der Waals surface area contributed by atoms with E-state index in [2.05, 4.69) is 14.9 Å². The molecule has 1 N–H and O–H groups in total. The number of carbonyl (C=O) groups excluding carboxylic acids is 1. The fourth-order valence-electron chi connectivity index (χ4n) is 0.775. The Bertz CT molecular complexity index is 375. The highest BCUT2D eigenvalue weighted by Gasteiger charge is 2.25. The highest BCUT2D eigenvalue weighted by atomic mass is 127. The highest BCUT2D eigenvalue weighted by molar-refractivity contribution is 14.1. The fourth-order valence-corrected chi connectivity index (χ4v) is 1.43. The molecule has 0 bridgehead atoms. The van der Waals surface area contributed by atoms with Gasteiger partial charge in [0.25, 0.3) is 0 Å². The molecule has 0 amide bonds. The molecule has 0 atom stereocenters. The van der Waals surface area contributed by atoms with Crippen LogP contribution in [0.4, 0.5) is 5.82 Å². The van der Waals surface area contributed by atoms with Gasteiger partial charge in [0.1, 0.15) is 3.57 Å². The van der Waals surface area contributed by atoms with Gasteiger partial charge in [0, 0.05) is 0 Å². The first kappa shape index (κ1) is 10.9. The van der Waals surface area contributed by atoms with Gasteiger partial charge in [0.15, 0.2) is 0 Å². The second-order valence-corrected chi connectivity index (χ2v) is 3.29. The predicted octanol–water partition coefficient (Wildman–Crippen LogP) is 1.10. The Morgan fingerprint density at radius 1 is 1.79 bits per heavy atom. The monoisotopic (exact) mass is 311 g/mol. The van der Waals surface area contributed by atoms with E-state index in [9.17, 15) is 14.9 Å². The maximum Gasteiger partial charge on any atom is 0.362 e. The van der Waals surface area contributed by atoms with E-state index >= 15 is 0 Å². The lowest BCUT2D eigenvalue weighted by Crippen LogP contribution is -2.06. The Hall–Kier alpha value is -1.19. The van der Waals surface area contributed by atoms with Crippen LogP contribution in [-0.2, 0) is 4.74 Å². The number of rotatable bonds is 3. The number of hydrogen-bond donors (Lipinski definition) is 1. The van der Waals surface area contributed by atoms with Gasteiger partial charge in [-0.25, -0.2) is 4.79 Å². The van der Waals surface area contributed by atoms with Crippen molar-refractivity contribution < 1.29 is 14.5 Å². The SMILES string of the molecule is CCOC(=O)c1n[nH]c([N+](=O)[O-])c1I. The van der Waals surface area contributed by atoms with Crippen molar-refractivity contribution in [1.82, 2.24) is 10.2 Å². The normalized spacial score (nSPS) is 9.86. The van der Waals surface area contributed by atoms with Gasteiger partial charge < -0.3 is 14.9 Å². The quantitative estimate of drug-likeness (QED) is 0.390. The van der Waals surface area contributed by atoms with E-state index in [4.69, 9.17) is 0 Å². The molecule has 1 rings (SSSR count). The molecule has 0 aromatic carbocycles. The minimum Gasteiger partial charge on any atom is -0.461 e. The number of hydrogen-bond acceptors (Lipinski definition) is 5. The van der Waals surface area contributed by atoms with Gasteiger partial charge in [0.05, 0.1) is 6.61 Å². The van der Waals surface area contributed by atoms with E-state index in [1.807, 2.05) is 0 Å². The molecule has 1 aromatic heterocycles. The molecule has 0 radical (unpaired) electrons. The fraction of sp³-hybridized carbons (Fsp3) is 0.333. The maximum absolute atomic E-state index is 11.2. The van der Waals surface area contributed by atoms with Crippen LogP contribution in [0.5, 0.6) is 0 Å². The molecule has 76 valence electrons. The molecule has 0 spiro atoms. The van der Waals surface area contributed by atoms with Crippen LogP contribution in [0.25, 0.3) is 0 Å². The largest absolute Gasteiger partial charge is 0.461 e. The van der Waals surface area contributed by atoms with E-state index in [-0.39, 0.29) is 21.7 Å². The van der Waals surface area contributed by atoms with Crippen molar-refractivity contribution in [3.63, 3.8) is 0 Å². The number of nitrogens with one attached hydrogen (secondary N) is 1. The number of H-pyrrole nitrogens is 1. The van der Waals surface area contributed by atoms with Crippen LogP contribution in [-0.4, -0.2) is 27.7 Å². The van der Waals surface area contributed by atoms with Crippen molar-refractivity contribution in [3.05, 3.63) is 19.4 Å². The Balaban J connectivity index is 3.00. The molecule has 14 heavy (non-hydrogen) atoms. The Labute approximate surface area is 92.1 Å². The molecule has 0 saturated heterocycles. The number of nitro groups is 1. The molecular formula is C6H6IN3O4. The maximum atomic E-state index is 11.2. The lowest BCUT2D eigenvalue weighted by Gasteiger charge is -1.96. The average Bonchev–Trinajstić information content (AvgIpc) is 2.47. The summed E-state index contributed by atoms with van der Waals surface area (Å²) in [5, 5.41) is 16.1. The number of esters is 1. The van der Waals surface area contributed by atoms with Gasteiger partial charge in [-0.15, -0.1) is 5.10 Å². The summed E-state index contributed by atoms with van der Waals surface area (Å²) in [5.74, 6) is -0.963. The van der Waals surface area contributed by atoms with Crippen LogP contribution < -0.4 is 0 Å². The van der Waals surface area contributed by atoms with E-state index in [0.29, 0.717) is 0 Å². The number of ether oxygens (including phenoxy) is 1. The van der Waals surface area contributed by atoms with Crippen LogP contribution in [0.15, 0.2) is 0 Å². The third kappa shape index (κ3) is 2.00. The van der Waals surface area contributed by atoms with Crippen molar-refractivity contribution in [2.45, 2.75) is 6.92 Å². The van der Waals surface area contributed by atoms with Crippen LogP contribution >= 0.6 is 22.6 Å². The molecule has 0 fully saturated rings. The van der Waals surface area contributed by atoms with Crippen LogP contribution in [0.3, 0.4) is 0 Å². The summed E-state index contributed by atoms with van der Waals surface area (Å²) in [6.07, 6.45) is 0. The lowest BCUT2D eigenvalue weighted by molar-refractivity contribution is -0.390. The standard InChI is InChI=1S/C6H6IN3O4/c1-2-14-6(11)4-3(7)5(9-8-4)10(12)13/h2H2,1H3,(H,8,9). The van der Waals surface area contributed by atoms with Gasteiger partial charge in [-0.05, 0) is 34.4 Å². The van der Waals surface area contributed by atoms with E-state index in [1.165, 1.54) is 0 Å². The number of carbonyl (C=O) groups is 1. The summed E-state index contributed by atoms with van der Waals surface area (Å²) in [6, 6.07) is 0. The molecule has 1 aromatic rings. The molecule has 0 aliphatic carbocycles. The van der Waals surface area contributed by atoms with Crippen molar-refractivity contribution in [2.24, 2.45) is 0 Å². The predicted molar refractivity (Wildman–Crippen MR) is 53.9 cm³/mol. The van der Waals surface area contributed by atoms with E-state index < -0.39 is 10.9 Å². The first-order valence-corrected chi connectivity index (χ1v) is 4.71. The van der Waals surface area contributed by atoms with Crippen LogP contribution in [0.2, 0.25) is 0 Å².